The summed E-state index contributed by atoms with van der Waals surface area (Å²) in [5.41, 5.74) is 2.98. The van der Waals surface area contributed by atoms with Gasteiger partial charge in [-0.15, -0.1) is 0 Å². The highest BCUT2D eigenvalue weighted by molar-refractivity contribution is 7.82. The molecular weight excluding hydrogens is 354 g/mol. The highest BCUT2D eigenvalue weighted by Crippen LogP contribution is 2.18. The van der Waals surface area contributed by atoms with Crippen molar-refractivity contribution in [3.63, 3.8) is 0 Å². The Morgan fingerprint density at radius 2 is 1.54 bits per heavy atom. The number of anilines is 1. The average Bonchev–Trinajstić information content (AvgIpc) is 2.61. The fraction of sp³-hybridized carbons (Fsp3) is 0.263. The predicted octanol–water partition coefficient (Wildman–Crippen LogP) is 2.95. The van der Waals surface area contributed by atoms with Crippen molar-refractivity contribution in [1.82, 2.24) is 0 Å². The van der Waals surface area contributed by atoms with E-state index in [0.29, 0.717) is 6.54 Å². The van der Waals surface area contributed by atoms with Crippen LogP contribution in [-0.4, -0.2) is 40.3 Å². The molecule has 0 radical (unpaired) electrons. The number of hydrogen-bond acceptors (Lipinski definition) is 6. The van der Waals surface area contributed by atoms with Crippen molar-refractivity contribution in [1.29, 1.82) is 0 Å². The molecule has 0 aliphatic carbocycles. The first-order valence-corrected chi connectivity index (χ1v) is 9.56. The zero-order valence-corrected chi connectivity index (χ0v) is 15.6. The molecule has 0 aromatic heterocycles. The first-order valence-electron chi connectivity index (χ1n) is 8.22. The second kappa shape index (κ2) is 9.38. The third kappa shape index (κ3) is 6.18. The highest BCUT2D eigenvalue weighted by atomic mass is 32.3. The van der Waals surface area contributed by atoms with Crippen LogP contribution in [0.3, 0.4) is 0 Å². The van der Waals surface area contributed by atoms with Crippen LogP contribution in [0.2, 0.25) is 0 Å². The summed E-state index contributed by atoms with van der Waals surface area (Å²) in [7, 11) is -2.08. The lowest BCUT2D eigenvalue weighted by Crippen LogP contribution is -2.20. The molecule has 1 N–H and O–H groups in total. The quantitative estimate of drug-likeness (QED) is 0.677. The molecule has 0 atom stereocenters. The summed E-state index contributed by atoms with van der Waals surface area (Å²) in [5, 5.41) is 8.97. The van der Waals surface area contributed by atoms with E-state index in [4.69, 9.17) is 9.29 Å². The molecule has 0 amide bonds. The number of benzene rings is 2. The van der Waals surface area contributed by atoms with E-state index in [9.17, 15) is 8.42 Å². The van der Waals surface area contributed by atoms with Crippen LogP contribution in [0.4, 0.5) is 5.69 Å². The Morgan fingerprint density at radius 1 is 1.00 bits per heavy atom. The molecule has 140 valence electrons. The summed E-state index contributed by atoms with van der Waals surface area (Å²) in [5.74, 6) is 0.201. The van der Waals surface area contributed by atoms with Gasteiger partial charge in [-0.25, -0.2) is 4.18 Å². The summed E-state index contributed by atoms with van der Waals surface area (Å²) in [6.45, 7) is 2.30. The largest absolute Gasteiger partial charge is 0.449 e. The third-order valence-corrected chi connectivity index (χ3v) is 4.50. The number of likely N-dealkylation sites (N-methyl/N-ethyl adjacent to an activating group) is 1. The fourth-order valence-electron chi connectivity index (χ4n) is 2.23. The van der Waals surface area contributed by atoms with E-state index in [1.54, 1.807) is 31.2 Å². The van der Waals surface area contributed by atoms with Gasteiger partial charge in [-0.2, -0.15) is 8.42 Å². The van der Waals surface area contributed by atoms with Gasteiger partial charge >= 0.3 is 10.4 Å². The fourth-order valence-corrected chi connectivity index (χ4v) is 2.92. The molecule has 0 aliphatic rings. The summed E-state index contributed by atoms with van der Waals surface area (Å²) in [4.78, 5) is 1.97. The lowest BCUT2D eigenvalue weighted by Gasteiger charge is -2.17. The number of aliphatic hydroxyl groups is 1. The molecule has 2 aromatic rings. The summed E-state index contributed by atoms with van der Waals surface area (Å²) in [6, 6.07) is 14.6. The molecule has 0 bridgehead atoms. The van der Waals surface area contributed by atoms with Crippen molar-refractivity contribution in [2.75, 3.05) is 31.7 Å². The average molecular weight is 377 g/mol. The molecule has 7 heteroatoms. The van der Waals surface area contributed by atoms with Gasteiger partial charge in [0.2, 0.25) is 0 Å². The molecular formula is C19H23NO5S. The molecule has 6 nitrogen and oxygen atoms in total. The normalized spacial score (nSPS) is 11.7. The maximum Gasteiger partial charge on any atom is 0.449 e. The molecule has 0 fully saturated rings. The minimum absolute atomic E-state index is 0.0255. The van der Waals surface area contributed by atoms with Gasteiger partial charge in [-0.05, 0) is 42.3 Å². The van der Waals surface area contributed by atoms with Crippen LogP contribution in [0.25, 0.3) is 12.2 Å². The monoisotopic (exact) mass is 377 g/mol. The lowest BCUT2D eigenvalue weighted by atomic mass is 10.1. The van der Waals surface area contributed by atoms with Crippen LogP contribution in [0.1, 0.15) is 18.1 Å². The van der Waals surface area contributed by atoms with Crippen molar-refractivity contribution in [2.24, 2.45) is 0 Å². The van der Waals surface area contributed by atoms with Crippen molar-refractivity contribution >= 4 is 28.2 Å². The van der Waals surface area contributed by atoms with Crippen molar-refractivity contribution in [3.05, 3.63) is 59.7 Å². The van der Waals surface area contributed by atoms with Crippen molar-refractivity contribution in [2.45, 2.75) is 6.92 Å². The molecule has 0 heterocycles. The zero-order chi connectivity index (χ0) is 19.0. The molecule has 2 rings (SSSR count). The van der Waals surface area contributed by atoms with Gasteiger partial charge in [0.15, 0.2) is 0 Å². The second-order valence-electron chi connectivity index (χ2n) is 5.54. The van der Waals surface area contributed by atoms with Gasteiger partial charge in [0.05, 0.1) is 13.2 Å². The minimum Gasteiger partial charge on any atom is -0.395 e. The van der Waals surface area contributed by atoms with Gasteiger partial charge in [-0.1, -0.05) is 36.4 Å². The number of hydrogen-bond donors (Lipinski definition) is 1. The maximum atomic E-state index is 11.4. The van der Waals surface area contributed by atoms with Gasteiger partial charge in [0.1, 0.15) is 5.75 Å². The number of aliphatic hydroxyl groups excluding tert-OH is 1. The highest BCUT2D eigenvalue weighted by Gasteiger charge is 2.11. The van der Waals surface area contributed by atoms with Gasteiger partial charge < -0.3 is 14.2 Å². The smallest absolute Gasteiger partial charge is 0.395 e. The van der Waals surface area contributed by atoms with E-state index >= 15 is 0 Å². The Balaban J connectivity index is 2.00. The third-order valence-electron chi connectivity index (χ3n) is 3.58. The van der Waals surface area contributed by atoms with E-state index in [0.717, 1.165) is 16.8 Å². The standard InChI is InChI=1S/C19H23NO5S/c1-3-24-26(22,23)25-19-12-8-17(9-13-19)5-4-16-6-10-18(11-7-16)20(2)14-15-21/h4-13,21H,3,14-15H2,1-2H3. The SMILES string of the molecule is CCOS(=O)(=O)Oc1ccc(C=Cc2ccc(N(C)CCO)cc2)cc1. The van der Waals surface area contributed by atoms with Crippen LogP contribution in [0.15, 0.2) is 48.5 Å². The lowest BCUT2D eigenvalue weighted by molar-refractivity contribution is 0.288. The Bertz CT molecular complexity index is 814. The summed E-state index contributed by atoms with van der Waals surface area (Å²) >= 11 is 0. The minimum atomic E-state index is -4.01. The van der Waals surface area contributed by atoms with Crippen LogP contribution in [0.5, 0.6) is 5.75 Å². The first kappa shape index (κ1) is 20.0. The molecule has 26 heavy (non-hydrogen) atoms. The van der Waals surface area contributed by atoms with Crippen LogP contribution >= 0.6 is 0 Å². The van der Waals surface area contributed by atoms with E-state index in [-0.39, 0.29) is 19.0 Å². The Hall–Kier alpha value is -2.35. The van der Waals surface area contributed by atoms with Crippen LogP contribution in [0, 0.1) is 0 Å². The molecule has 0 saturated carbocycles. The van der Waals surface area contributed by atoms with Gasteiger partial charge in [0.25, 0.3) is 0 Å². The molecule has 0 saturated heterocycles. The van der Waals surface area contributed by atoms with Crippen molar-refractivity contribution < 1.29 is 21.9 Å². The summed E-state index contributed by atoms with van der Waals surface area (Å²) < 4.78 is 32.2. The maximum absolute atomic E-state index is 11.4. The summed E-state index contributed by atoms with van der Waals surface area (Å²) in [6.07, 6.45) is 3.88. The Labute approximate surface area is 154 Å². The topological polar surface area (TPSA) is 76.1 Å². The van der Waals surface area contributed by atoms with Crippen molar-refractivity contribution in [3.8, 4) is 5.75 Å². The van der Waals surface area contributed by atoms with E-state index in [1.165, 1.54) is 0 Å². The molecule has 0 spiro atoms. The predicted molar refractivity (Wildman–Crippen MR) is 103 cm³/mol. The van der Waals surface area contributed by atoms with E-state index in [2.05, 4.69) is 4.18 Å². The number of rotatable bonds is 9. The first-order chi connectivity index (χ1) is 12.4. The molecule has 2 aromatic carbocycles. The van der Waals surface area contributed by atoms with E-state index < -0.39 is 10.4 Å². The van der Waals surface area contributed by atoms with Crippen LogP contribution in [-0.2, 0) is 14.6 Å². The second-order valence-corrected chi connectivity index (χ2v) is 6.76. The zero-order valence-electron chi connectivity index (χ0n) is 14.8. The molecule has 0 unspecified atom stereocenters. The van der Waals surface area contributed by atoms with Crippen LogP contribution < -0.4 is 9.08 Å². The number of nitrogens with zero attached hydrogens (tertiary/aromatic N) is 1. The van der Waals surface area contributed by atoms with Gasteiger partial charge in [-0.3, -0.25) is 0 Å². The molecule has 0 aliphatic heterocycles. The Morgan fingerprint density at radius 3 is 2.04 bits per heavy atom. The van der Waals surface area contributed by atoms with E-state index in [1.807, 2.05) is 48.4 Å². The Kier molecular flexibility index (Phi) is 7.20. The van der Waals surface area contributed by atoms with Gasteiger partial charge in [0, 0.05) is 19.3 Å².